The largest absolute Gasteiger partial charge is 0.384 e. The molecule has 1 heterocycles. The van der Waals surface area contributed by atoms with E-state index < -0.39 is 17.0 Å². The number of carbonyl (C=O) groups excluding carboxylic acids is 1. The monoisotopic (exact) mass is 381 g/mol. The molecule has 0 unspecified atom stereocenters. The zero-order valence-electron chi connectivity index (χ0n) is 14.3. The normalized spacial score (nSPS) is 11.1. The van der Waals surface area contributed by atoms with Crippen molar-refractivity contribution in [2.24, 2.45) is 13.0 Å². The molecule has 0 bridgehead atoms. The van der Waals surface area contributed by atoms with Crippen molar-refractivity contribution >= 4 is 35.0 Å². The van der Waals surface area contributed by atoms with Gasteiger partial charge in [-0.3, -0.25) is 18.7 Å². The summed E-state index contributed by atoms with van der Waals surface area (Å²) in [5.41, 5.74) is 4.65. The lowest BCUT2D eigenvalue weighted by atomic mass is 10.2. The number of carbonyl (C=O) groups is 1. The number of aromatic nitrogens is 2. The molecular weight excluding hydrogens is 362 g/mol. The number of nitrogens with zero attached hydrogens (tertiary/aromatic N) is 2. The summed E-state index contributed by atoms with van der Waals surface area (Å²) < 4.78 is 2.20. The van der Waals surface area contributed by atoms with Crippen molar-refractivity contribution in [2.45, 2.75) is 25.3 Å². The Labute approximate surface area is 154 Å². The van der Waals surface area contributed by atoms with Crippen molar-refractivity contribution in [3.05, 3.63) is 55.7 Å². The van der Waals surface area contributed by atoms with Gasteiger partial charge in [0.05, 0.1) is 10.8 Å². The van der Waals surface area contributed by atoms with E-state index in [9.17, 15) is 14.4 Å². The van der Waals surface area contributed by atoms with Crippen LogP contribution in [0.5, 0.6) is 0 Å². The number of thioether (sulfide) groups is 1. The SMILES string of the molecule is CC(C)Cn1c(N)c(C(=O)CSc2ccccc2Cl)c(=O)n(C)c1=O. The Hall–Kier alpha value is -1.99. The van der Waals surface area contributed by atoms with Crippen LogP contribution in [0.15, 0.2) is 38.8 Å². The van der Waals surface area contributed by atoms with E-state index in [1.807, 2.05) is 19.9 Å². The molecule has 0 fully saturated rings. The van der Waals surface area contributed by atoms with E-state index >= 15 is 0 Å². The van der Waals surface area contributed by atoms with E-state index in [0.29, 0.717) is 11.6 Å². The van der Waals surface area contributed by atoms with E-state index in [-0.39, 0.29) is 23.1 Å². The highest BCUT2D eigenvalue weighted by atomic mass is 35.5. The van der Waals surface area contributed by atoms with Crippen molar-refractivity contribution in [3.63, 3.8) is 0 Å². The molecule has 1 aromatic heterocycles. The topological polar surface area (TPSA) is 87.1 Å². The molecule has 0 spiro atoms. The van der Waals surface area contributed by atoms with Crippen LogP contribution in [-0.4, -0.2) is 20.7 Å². The number of nitrogen functional groups attached to an aromatic ring is 1. The maximum absolute atomic E-state index is 12.6. The zero-order valence-corrected chi connectivity index (χ0v) is 15.9. The average molecular weight is 382 g/mol. The molecule has 0 aliphatic rings. The first-order valence-corrected chi connectivity index (χ1v) is 9.10. The fraction of sp³-hybridized carbons (Fsp3) is 0.353. The first-order chi connectivity index (χ1) is 11.7. The number of nitrogens with two attached hydrogens (primary N) is 1. The van der Waals surface area contributed by atoms with E-state index in [4.69, 9.17) is 17.3 Å². The van der Waals surface area contributed by atoms with Gasteiger partial charge < -0.3 is 5.73 Å². The maximum atomic E-state index is 12.6. The average Bonchev–Trinajstić information content (AvgIpc) is 2.56. The third-order valence-corrected chi connectivity index (χ3v) is 5.12. The zero-order chi connectivity index (χ0) is 18.7. The van der Waals surface area contributed by atoms with Gasteiger partial charge in [0.2, 0.25) is 0 Å². The highest BCUT2D eigenvalue weighted by Gasteiger charge is 2.22. The van der Waals surface area contributed by atoms with Gasteiger partial charge in [-0.05, 0) is 18.1 Å². The molecular formula is C17H20ClN3O3S. The number of benzene rings is 1. The summed E-state index contributed by atoms with van der Waals surface area (Å²) in [4.78, 5) is 38.0. The van der Waals surface area contributed by atoms with Crippen LogP contribution in [0.4, 0.5) is 5.82 Å². The standard InChI is InChI=1S/C17H20ClN3O3S/c1-10(2)8-21-15(19)14(16(23)20(3)17(21)24)12(22)9-25-13-7-5-4-6-11(13)18/h4-7,10H,8-9,19H2,1-3H3. The molecule has 8 heteroatoms. The van der Waals surface area contributed by atoms with Crippen molar-refractivity contribution in [3.8, 4) is 0 Å². The molecule has 0 amide bonds. The Morgan fingerprint density at radius 1 is 1.28 bits per heavy atom. The second-order valence-corrected chi connectivity index (χ2v) is 7.48. The maximum Gasteiger partial charge on any atom is 0.332 e. The summed E-state index contributed by atoms with van der Waals surface area (Å²) in [6.45, 7) is 4.17. The number of hydrogen-bond donors (Lipinski definition) is 1. The summed E-state index contributed by atoms with van der Waals surface area (Å²) in [5.74, 6) is -0.367. The van der Waals surface area contributed by atoms with Gasteiger partial charge in [-0.1, -0.05) is 37.6 Å². The van der Waals surface area contributed by atoms with Gasteiger partial charge >= 0.3 is 5.69 Å². The lowest BCUT2D eigenvalue weighted by molar-refractivity contribution is 0.102. The van der Waals surface area contributed by atoms with Crippen molar-refractivity contribution < 1.29 is 4.79 Å². The van der Waals surface area contributed by atoms with Crippen molar-refractivity contribution in [1.82, 2.24) is 9.13 Å². The van der Waals surface area contributed by atoms with E-state index in [0.717, 1.165) is 9.46 Å². The minimum absolute atomic E-state index is 0.00303. The van der Waals surface area contributed by atoms with Gasteiger partial charge in [0.15, 0.2) is 5.78 Å². The summed E-state index contributed by atoms with van der Waals surface area (Å²) in [6.07, 6.45) is 0. The molecule has 0 saturated carbocycles. The van der Waals surface area contributed by atoms with Crippen LogP contribution in [0, 0.1) is 5.92 Å². The van der Waals surface area contributed by atoms with Crippen LogP contribution in [0.25, 0.3) is 0 Å². The van der Waals surface area contributed by atoms with Crippen LogP contribution in [0.1, 0.15) is 24.2 Å². The summed E-state index contributed by atoms with van der Waals surface area (Å²) in [5, 5.41) is 0.533. The predicted octanol–water partition coefficient (Wildman–Crippen LogP) is 2.41. The number of rotatable bonds is 6. The van der Waals surface area contributed by atoms with Gasteiger partial charge in [-0.25, -0.2) is 4.79 Å². The molecule has 0 saturated heterocycles. The lowest BCUT2D eigenvalue weighted by Crippen LogP contribution is -2.43. The van der Waals surface area contributed by atoms with Gasteiger partial charge in [-0.15, -0.1) is 11.8 Å². The number of halogens is 1. The van der Waals surface area contributed by atoms with E-state index in [1.54, 1.807) is 18.2 Å². The van der Waals surface area contributed by atoms with Crippen LogP contribution in [-0.2, 0) is 13.6 Å². The molecule has 0 aliphatic heterocycles. The quantitative estimate of drug-likeness (QED) is 0.613. The summed E-state index contributed by atoms with van der Waals surface area (Å²) in [6, 6.07) is 7.13. The Morgan fingerprint density at radius 2 is 1.92 bits per heavy atom. The lowest BCUT2D eigenvalue weighted by Gasteiger charge is -2.16. The van der Waals surface area contributed by atoms with Crippen molar-refractivity contribution in [1.29, 1.82) is 0 Å². The first kappa shape index (κ1) is 19.3. The summed E-state index contributed by atoms with van der Waals surface area (Å²) >= 11 is 7.30. The molecule has 2 rings (SSSR count). The van der Waals surface area contributed by atoms with Gasteiger partial charge in [-0.2, -0.15) is 0 Å². The molecule has 2 aromatic rings. The molecule has 2 N–H and O–H groups in total. The van der Waals surface area contributed by atoms with E-state index in [2.05, 4.69) is 0 Å². The third kappa shape index (κ3) is 4.16. The molecule has 25 heavy (non-hydrogen) atoms. The summed E-state index contributed by atoms with van der Waals surface area (Å²) in [7, 11) is 1.35. The fourth-order valence-corrected chi connectivity index (χ4v) is 3.48. The van der Waals surface area contributed by atoms with Crippen LogP contribution in [0.3, 0.4) is 0 Å². The molecule has 1 aromatic carbocycles. The number of ketones is 1. The Morgan fingerprint density at radius 3 is 2.52 bits per heavy atom. The van der Waals surface area contributed by atoms with Crippen LogP contribution in [0.2, 0.25) is 5.02 Å². The molecule has 134 valence electrons. The molecule has 6 nitrogen and oxygen atoms in total. The van der Waals surface area contributed by atoms with Crippen LogP contribution < -0.4 is 17.0 Å². The van der Waals surface area contributed by atoms with Crippen LogP contribution >= 0.6 is 23.4 Å². The van der Waals surface area contributed by atoms with Gasteiger partial charge in [0, 0.05) is 18.5 Å². The highest BCUT2D eigenvalue weighted by Crippen LogP contribution is 2.27. The minimum atomic E-state index is -0.674. The molecule has 0 atom stereocenters. The second kappa shape index (κ2) is 7.93. The first-order valence-electron chi connectivity index (χ1n) is 7.73. The smallest absolute Gasteiger partial charge is 0.332 e. The Kier molecular flexibility index (Phi) is 6.13. The van der Waals surface area contributed by atoms with Gasteiger partial charge in [0.1, 0.15) is 11.4 Å². The third-order valence-electron chi connectivity index (χ3n) is 3.61. The van der Waals surface area contributed by atoms with Gasteiger partial charge in [0.25, 0.3) is 5.56 Å². The molecule has 0 radical (unpaired) electrons. The Bertz CT molecular complexity index is 918. The Balaban J connectivity index is 2.39. The predicted molar refractivity (Wildman–Crippen MR) is 102 cm³/mol. The highest BCUT2D eigenvalue weighted by molar-refractivity contribution is 8.00. The molecule has 0 aliphatic carbocycles. The number of Topliss-reactive ketones (excluding diaryl/α,β-unsaturated/α-hetero) is 1. The number of hydrogen-bond acceptors (Lipinski definition) is 5. The van der Waals surface area contributed by atoms with E-state index in [1.165, 1.54) is 23.4 Å². The van der Waals surface area contributed by atoms with Crippen molar-refractivity contribution in [2.75, 3.05) is 11.5 Å². The fourth-order valence-electron chi connectivity index (χ4n) is 2.36. The minimum Gasteiger partial charge on any atom is -0.384 e. The number of anilines is 1. The second-order valence-electron chi connectivity index (χ2n) is 6.05.